The summed E-state index contributed by atoms with van der Waals surface area (Å²) < 4.78 is 25.3. The molecule has 2 heterocycles. The van der Waals surface area contributed by atoms with Crippen molar-refractivity contribution in [2.45, 2.75) is 63.7 Å². The van der Waals surface area contributed by atoms with Crippen molar-refractivity contribution in [1.82, 2.24) is 25.4 Å². The van der Waals surface area contributed by atoms with Crippen LogP contribution in [0.25, 0.3) is 0 Å². The standard InChI is InChI=1S/C13H25N5O2S/c1-9-6-5-7-10(2)18(9)17-21(19,20)13-12(8-14-4)11(3)15-16-13/h9-10,14,17H,5-8H2,1-4H3,(H,15,16). The summed E-state index contributed by atoms with van der Waals surface area (Å²) in [6, 6.07) is 0.382. The molecule has 0 aliphatic carbocycles. The Balaban J connectivity index is 2.26. The summed E-state index contributed by atoms with van der Waals surface area (Å²) in [5.41, 5.74) is 1.45. The lowest BCUT2D eigenvalue weighted by Gasteiger charge is -2.38. The van der Waals surface area contributed by atoms with Crippen LogP contribution in [0.1, 0.15) is 44.4 Å². The number of aromatic nitrogens is 2. The first-order chi connectivity index (χ1) is 9.86. The molecule has 7 nitrogen and oxygen atoms in total. The molecule has 21 heavy (non-hydrogen) atoms. The van der Waals surface area contributed by atoms with E-state index in [0.717, 1.165) is 25.0 Å². The predicted molar refractivity (Wildman–Crippen MR) is 81.0 cm³/mol. The third kappa shape index (κ3) is 3.45. The first-order valence-electron chi connectivity index (χ1n) is 7.36. The molecule has 0 amide bonds. The lowest BCUT2D eigenvalue weighted by molar-refractivity contribution is 0.0789. The summed E-state index contributed by atoms with van der Waals surface area (Å²) in [6.45, 7) is 6.37. The van der Waals surface area contributed by atoms with Crippen molar-refractivity contribution in [1.29, 1.82) is 0 Å². The van der Waals surface area contributed by atoms with Gasteiger partial charge in [-0.3, -0.25) is 5.10 Å². The molecule has 1 saturated heterocycles. The number of nitrogens with zero attached hydrogens (tertiary/aromatic N) is 2. The number of rotatable bonds is 5. The molecule has 1 aromatic heterocycles. The second-order valence-corrected chi connectivity index (χ2v) is 7.37. The first-order valence-corrected chi connectivity index (χ1v) is 8.84. The Morgan fingerprint density at radius 3 is 2.52 bits per heavy atom. The number of piperidine rings is 1. The lowest BCUT2D eigenvalue weighted by atomic mass is 10.0. The van der Waals surface area contributed by atoms with E-state index in [0.29, 0.717) is 12.1 Å². The van der Waals surface area contributed by atoms with Gasteiger partial charge in [-0.25, -0.2) is 13.4 Å². The Hall–Kier alpha value is -0.960. The molecule has 1 aliphatic heterocycles. The maximum absolute atomic E-state index is 12.6. The minimum atomic E-state index is -3.66. The van der Waals surface area contributed by atoms with Gasteiger partial charge in [0, 0.05) is 29.9 Å². The predicted octanol–water partition coefficient (Wildman–Crippen LogP) is 0.894. The van der Waals surface area contributed by atoms with Gasteiger partial charge in [0.05, 0.1) is 0 Å². The zero-order valence-corrected chi connectivity index (χ0v) is 13.9. The molecule has 0 aromatic carbocycles. The number of hydrazine groups is 1. The highest BCUT2D eigenvalue weighted by atomic mass is 32.2. The molecule has 0 saturated carbocycles. The van der Waals surface area contributed by atoms with E-state index in [1.54, 1.807) is 7.05 Å². The molecular formula is C13H25N5O2S. The fourth-order valence-electron chi connectivity index (χ4n) is 2.82. The van der Waals surface area contributed by atoms with Crippen LogP contribution in [0.2, 0.25) is 0 Å². The third-order valence-electron chi connectivity index (χ3n) is 4.06. The quantitative estimate of drug-likeness (QED) is 0.751. The molecule has 0 bridgehead atoms. The van der Waals surface area contributed by atoms with Crippen LogP contribution in [0.3, 0.4) is 0 Å². The molecule has 120 valence electrons. The number of sulfonamides is 1. The van der Waals surface area contributed by atoms with Gasteiger partial charge in [0.1, 0.15) is 0 Å². The second kappa shape index (κ2) is 6.43. The van der Waals surface area contributed by atoms with Crippen molar-refractivity contribution in [3.8, 4) is 0 Å². The van der Waals surface area contributed by atoms with Gasteiger partial charge in [-0.05, 0) is 40.7 Å². The van der Waals surface area contributed by atoms with Crippen molar-refractivity contribution in [3.05, 3.63) is 11.3 Å². The van der Waals surface area contributed by atoms with E-state index in [1.807, 2.05) is 25.8 Å². The third-order valence-corrected chi connectivity index (χ3v) is 5.36. The van der Waals surface area contributed by atoms with Crippen LogP contribution in [0.5, 0.6) is 0 Å². The van der Waals surface area contributed by atoms with E-state index < -0.39 is 10.0 Å². The van der Waals surface area contributed by atoms with Crippen molar-refractivity contribution in [2.24, 2.45) is 0 Å². The number of aromatic amines is 1. The van der Waals surface area contributed by atoms with Gasteiger partial charge in [-0.1, -0.05) is 6.42 Å². The van der Waals surface area contributed by atoms with E-state index in [-0.39, 0.29) is 17.1 Å². The van der Waals surface area contributed by atoms with E-state index in [9.17, 15) is 8.42 Å². The zero-order valence-electron chi connectivity index (χ0n) is 13.1. The van der Waals surface area contributed by atoms with Crippen LogP contribution in [0.15, 0.2) is 5.03 Å². The topological polar surface area (TPSA) is 90.1 Å². The Morgan fingerprint density at radius 1 is 1.33 bits per heavy atom. The van der Waals surface area contributed by atoms with Crippen LogP contribution >= 0.6 is 0 Å². The number of H-pyrrole nitrogens is 1. The van der Waals surface area contributed by atoms with Gasteiger partial charge in [-0.2, -0.15) is 5.10 Å². The molecule has 0 spiro atoms. The molecular weight excluding hydrogens is 290 g/mol. The molecule has 3 N–H and O–H groups in total. The summed E-state index contributed by atoms with van der Waals surface area (Å²) in [5.74, 6) is 0. The molecule has 2 unspecified atom stereocenters. The van der Waals surface area contributed by atoms with E-state index in [2.05, 4.69) is 20.3 Å². The molecule has 2 atom stereocenters. The van der Waals surface area contributed by atoms with Crippen molar-refractivity contribution >= 4 is 10.0 Å². The largest absolute Gasteiger partial charge is 0.316 e. The molecule has 1 fully saturated rings. The normalized spacial score (nSPS) is 24.4. The number of hydrogen-bond donors (Lipinski definition) is 3. The number of nitrogens with one attached hydrogen (secondary N) is 3. The van der Waals surface area contributed by atoms with E-state index in [1.165, 1.54) is 0 Å². The highest BCUT2D eigenvalue weighted by molar-refractivity contribution is 7.89. The minimum absolute atomic E-state index is 0.0827. The van der Waals surface area contributed by atoms with Crippen molar-refractivity contribution in [2.75, 3.05) is 7.05 Å². The summed E-state index contributed by atoms with van der Waals surface area (Å²) in [4.78, 5) is 2.72. The Morgan fingerprint density at radius 2 is 1.95 bits per heavy atom. The van der Waals surface area contributed by atoms with Crippen LogP contribution in [0.4, 0.5) is 0 Å². The fourth-order valence-corrected chi connectivity index (χ4v) is 4.26. The van der Waals surface area contributed by atoms with Crippen LogP contribution < -0.4 is 10.1 Å². The zero-order chi connectivity index (χ0) is 15.6. The Bertz CT molecular complexity index is 573. The van der Waals surface area contributed by atoms with Gasteiger partial charge in [0.2, 0.25) is 0 Å². The summed E-state index contributed by atoms with van der Waals surface area (Å²) in [7, 11) is -1.88. The summed E-state index contributed by atoms with van der Waals surface area (Å²) >= 11 is 0. The van der Waals surface area contributed by atoms with Gasteiger partial charge >= 0.3 is 0 Å². The average Bonchev–Trinajstić information content (AvgIpc) is 2.77. The molecule has 1 aromatic rings. The van der Waals surface area contributed by atoms with E-state index >= 15 is 0 Å². The first kappa shape index (κ1) is 16.4. The highest BCUT2D eigenvalue weighted by Gasteiger charge is 2.31. The monoisotopic (exact) mass is 315 g/mol. The second-order valence-electron chi connectivity index (χ2n) is 5.79. The molecule has 8 heteroatoms. The van der Waals surface area contributed by atoms with Crippen molar-refractivity contribution < 1.29 is 8.42 Å². The summed E-state index contributed by atoms with van der Waals surface area (Å²) in [6.07, 6.45) is 3.12. The van der Waals surface area contributed by atoms with Gasteiger partial charge in [0.15, 0.2) is 5.03 Å². The Kier molecular flexibility index (Phi) is 5.03. The number of hydrogen-bond acceptors (Lipinski definition) is 5. The van der Waals surface area contributed by atoms with Crippen LogP contribution in [-0.2, 0) is 16.6 Å². The maximum Gasteiger partial charge on any atom is 0.273 e. The Labute approximate surface area is 126 Å². The van der Waals surface area contributed by atoms with Gasteiger partial charge in [-0.15, -0.1) is 4.83 Å². The van der Waals surface area contributed by atoms with E-state index in [4.69, 9.17) is 0 Å². The number of aryl methyl sites for hydroxylation is 1. The smallest absolute Gasteiger partial charge is 0.273 e. The lowest BCUT2D eigenvalue weighted by Crippen LogP contribution is -2.54. The SMILES string of the molecule is CNCc1c(S(=O)(=O)NN2C(C)CCCC2C)n[nH]c1C. The van der Waals surface area contributed by atoms with Gasteiger partial charge < -0.3 is 5.32 Å². The minimum Gasteiger partial charge on any atom is -0.316 e. The highest BCUT2D eigenvalue weighted by Crippen LogP contribution is 2.23. The molecule has 1 aliphatic rings. The van der Waals surface area contributed by atoms with Crippen LogP contribution in [0, 0.1) is 6.92 Å². The fraction of sp³-hybridized carbons (Fsp3) is 0.769. The van der Waals surface area contributed by atoms with Crippen LogP contribution in [-0.4, -0.2) is 42.8 Å². The summed E-state index contributed by atoms with van der Waals surface area (Å²) in [5, 5.41) is 11.6. The van der Waals surface area contributed by atoms with Crippen molar-refractivity contribution in [3.63, 3.8) is 0 Å². The average molecular weight is 315 g/mol. The maximum atomic E-state index is 12.6. The van der Waals surface area contributed by atoms with Gasteiger partial charge in [0.25, 0.3) is 10.0 Å². The molecule has 2 rings (SSSR count). The molecule has 0 radical (unpaired) electrons.